The van der Waals surface area contributed by atoms with Gasteiger partial charge in [0, 0.05) is 27.7 Å². The lowest BCUT2D eigenvalue weighted by molar-refractivity contribution is -0.129. The Balaban J connectivity index is 3.02. The zero-order chi connectivity index (χ0) is 15.4. The van der Waals surface area contributed by atoms with E-state index < -0.39 is 0 Å². The average Bonchev–Trinajstić information content (AvgIpc) is 2.61. The van der Waals surface area contributed by atoms with Crippen LogP contribution in [-0.2, 0) is 11.8 Å². The molecule has 20 heavy (non-hydrogen) atoms. The number of nitrogens with zero attached hydrogens (tertiary/aromatic N) is 4. The standard InChI is InChI=1S/C13H23N5O2/c1-6-7-18(8-10(19)16(3)4)13(20)12-11(14)9(2)15-17(12)5/h6-8,14H2,1-5H3. The maximum absolute atomic E-state index is 12.6. The number of carbonyl (C=O) groups excluding carboxylic acids is 2. The van der Waals surface area contributed by atoms with Crippen molar-refractivity contribution in [3.63, 3.8) is 0 Å². The molecule has 0 atom stereocenters. The molecule has 0 radical (unpaired) electrons. The highest BCUT2D eigenvalue weighted by molar-refractivity contribution is 5.99. The van der Waals surface area contributed by atoms with Gasteiger partial charge in [0.25, 0.3) is 5.91 Å². The average molecular weight is 281 g/mol. The normalized spacial score (nSPS) is 10.4. The maximum Gasteiger partial charge on any atom is 0.274 e. The zero-order valence-corrected chi connectivity index (χ0v) is 12.8. The highest BCUT2D eigenvalue weighted by Crippen LogP contribution is 2.17. The highest BCUT2D eigenvalue weighted by atomic mass is 16.2. The van der Waals surface area contributed by atoms with E-state index in [0.29, 0.717) is 23.6 Å². The number of hydrogen-bond acceptors (Lipinski definition) is 4. The van der Waals surface area contributed by atoms with Crippen LogP contribution in [0.25, 0.3) is 0 Å². The molecule has 0 unspecified atom stereocenters. The summed E-state index contributed by atoms with van der Waals surface area (Å²) >= 11 is 0. The molecule has 1 heterocycles. The van der Waals surface area contributed by atoms with Crippen molar-refractivity contribution >= 4 is 17.5 Å². The van der Waals surface area contributed by atoms with E-state index in [1.165, 1.54) is 14.5 Å². The Labute approximate surface area is 119 Å². The smallest absolute Gasteiger partial charge is 0.274 e. The van der Waals surface area contributed by atoms with E-state index in [1.54, 1.807) is 28.1 Å². The topological polar surface area (TPSA) is 84.5 Å². The number of hydrogen-bond donors (Lipinski definition) is 1. The minimum Gasteiger partial charge on any atom is -0.395 e. The number of amides is 2. The van der Waals surface area contributed by atoms with Gasteiger partial charge in [0.05, 0.1) is 11.4 Å². The van der Waals surface area contributed by atoms with Crippen LogP contribution < -0.4 is 5.73 Å². The van der Waals surface area contributed by atoms with E-state index in [-0.39, 0.29) is 18.4 Å². The number of aromatic nitrogens is 2. The lowest BCUT2D eigenvalue weighted by Gasteiger charge is -2.23. The number of aryl methyl sites for hydroxylation is 2. The van der Waals surface area contributed by atoms with E-state index >= 15 is 0 Å². The number of carbonyl (C=O) groups is 2. The van der Waals surface area contributed by atoms with Gasteiger partial charge < -0.3 is 15.5 Å². The summed E-state index contributed by atoms with van der Waals surface area (Å²) in [5.74, 6) is -0.382. The Bertz CT molecular complexity index is 507. The Morgan fingerprint density at radius 1 is 1.35 bits per heavy atom. The van der Waals surface area contributed by atoms with Gasteiger partial charge in [0.2, 0.25) is 5.91 Å². The van der Waals surface area contributed by atoms with Crippen molar-refractivity contribution in [1.29, 1.82) is 0 Å². The van der Waals surface area contributed by atoms with E-state index in [0.717, 1.165) is 6.42 Å². The van der Waals surface area contributed by atoms with Crippen LogP contribution in [0.3, 0.4) is 0 Å². The first-order valence-corrected chi connectivity index (χ1v) is 6.58. The summed E-state index contributed by atoms with van der Waals surface area (Å²) in [7, 11) is 5.01. The third-order valence-electron chi connectivity index (χ3n) is 3.08. The molecule has 112 valence electrons. The molecule has 7 nitrogen and oxygen atoms in total. The van der Waals surface area contributed by atoms with Crippen molar-refractivity contribution in [2.24, 2.45) is 7.05 Å². The molecule has 0 aliphatic rings. The van der Waals surface area contributed by atoms with Crippen molar-refractivity contribution < 1.29 is 9.59 Å². The van der Waals surface area contributed by atoms with E-state index in [2.05, 4.69) is 5.10 Å². The number of nitrogen functional groups attached to an aromatic ring is 1. The van der Waals surface area contributed by atoms with Gasteiger partial charge in [0.15, 0.2) is 0 Å². The quantitative estimate of drug-likeness (QED) is 0.838. The Morgan fingerprint density at radius 3 is 2.35 bits per heavy atom. The minimum absolute atomic E-state index is 0.0450. The monoisotopic (exact) mass is 281 g/mol. The van der Waals surface area contributed by atoms with E-state index in [9.17, 15) is 9.59 Å². The van der Waals surface area contributed by atoms with Gasteiger partial charge >= 0.3 is 0 Å². The van der Waals surface area contributed by atoms with Crippen molar-refractivity contribution in [2.45, 2.75) is 20.3 Å². The molecule has 1 rings (SSSR count). The van der Waals surface area contributed by atoms with Crippen LogP contribution in [0.15, 0.2) is 0 Å². The van der Waals surface area contributed by atoms with Crippen molar-refractivity contribution in [3.8, 4) is 0 Å². The van der Waals surface area contributed by atoms with Gasteiger partial charge in [-0.3, -0.25) is 14.3 Å². The molecule has 1 aromatic heterocycles. The van der Waals surface area contributed by atoms with Crippen LogP contribution in [0.4, 0.5) is 5.69 Å². The van der Waals surface area contributed by atoms with Crippen LogP contribution in [-0.4, -0.2) is 58.6 Å². The predicted molar refractivity (Wildman–Crippen MR) is 77.2 cm³/mol. The molecule has 7 heteroatoms. The fraction of sp³-hybridized carbons (Fsp3) is 0.615. The highest BCUT2D eigenvalue weighted by Gasteiger charge is 2.25. The lowest BCUT2D eigenvalue weighted by Crippen LogP contribution is -2.41. The molecular weight excluding hydrogens is 258 g/mol. The largest absolute Gasteiger partial charge is 0.395 e. The van der Waals surface area contributed by atoms with Gasteiger partial charge in [-0.1, -0.05) is 6.92 Å². The van der Waals surface area contributed by atoms with E-state index in [1.807, 2.05) is 6.92 Å². The Morgan fingerprint density at radius 2 is 1.95 bits per heavy atom. The first-order valence-electron chi connectivity index (χ1n) is 6.58. The molecule has 0 spiro atoms. The van der Waals surface area contributed by atoms with Crippen LogP contribution in [0.1, 0.15) is 29.5 Å². The summed E-state index contributed by atoms with van der Waals surface area (Å²) in [4.78, 5) is 27.4. The molecule has 0 fully saturated rings. The minimum atomic E-state index is -0.261. The third-order valence-corrected chi connectivity index (χ3v) is 3.08. The van der Waals surface area contributed by atoms with Crippen molar-refractivity contribution in [1.82, 2.24) is 19.6 Å². The molecule has 0 saturated carbocycles. The second-order valence-corrected chi connectivity index (χ2v) is 4.99. The van der Waals surface area contributed by atoms with E-state index in [4.69, 9.17) is 5.73 Å². The second kappa shape index (κ2) is 6.40. The van der Waals surface area contributed by atoms with Gasteiger partial charge in [-0.2, -0.15) is 5.10 Å². The molecule has 0 bridgehead atoms. The molecule has 2 amide bonds. The lowest BCUT2D eigenvalue weighted by atomic mass is 10.2. The van der Waals surface area contributed by atoms with Gasteiger partial charge in [-0.25, -0.2) is 0 Å². The van der Waals surface area contributed by atoms with Crippen LogP contribution >= 0.6 is 0 Å². The first-order chi connectivity index (χ1) is 9.29. The molecular formula is C13H23N5O2. The number of nitrogens with two attached hydrogens (primary N) is 1. The summed E-state index contributed by atoms with van der Waals surface area (Å²) in [6.45, 7) is 4.25. The van der Waals surface area contributed by atoms with Gasteiger partial charge in [0.1, 0.15) is 12.2 Å². The number of likely N-dealkylation sites (N-methyl/N-ethyl adjacent to an activating group) is 1. The summed E-state index contributed by atoms with van der Waals surface area (Å²) in [6.07, 6.45) is 0.767. The van der Waals surface area contributed by atoms with Crippen LogP contribution in [0.2, 0.25) is 0 Å². The molecule has 0 aromatic carbocycles. The number of rotatable bonds is 5. The molecule has 0 aliphatic carbocycles. The SMILES string of the molecule is CCCN(CC(=O)N(C)C)C(=O)c1c(N)c(C)nn1C. The molecule has 0 saturated heterocycles. The zero-order valence-electron chi connectivity index (χ0n) is 12.8. The first kappa shape index (κ1) is 16.0. The fourth-order valence-corrected chi connectivity index (χ4v) is 1.90. The molecule has 1 aromatic rings. The second-order valence-electron chi connectivity index (χ2n) is 4.99. The Kier molecular flexibility index (Phi) is 5.12. The summed E-state index contributed by atoms with van der Waals surface area (Å²) in [5, 5.41) is 4.14. The summed E-state index contributed by atoms with van der Waals surface area (Å²) in [5.41, 5.74) is 7.23. The van der Waals surface area contributed by atoms with Crippen LogP contribution in [0, 0.1) is 6.92 Å². The maximum atomic E-state index is 12.6. The van der Waals surface area contributed by atoms with Gasteiger partial charge in [-0.05, 0) is 13.3 Å². The van der Waals surface area contributed by atoms with Crippen molar-refractivity contribution in [2.75, 3.05) is 32.9 Å². The summed E-state index contributed by atoms with van der Waals surface area (Å²) in [6, 6.07) is 0. The fourth-order valence-electron chi connectivity index (χ4n) is 1.90. The van der Waals surface area contributed by atoms with Crippen molar-refractivity contribution in [3.05, 3.63) is 11.4 Å². The van der Waals surface area contributed by atoms with Crippen LogP contribution in [0.5, 0.6) is 0 Å². The molecule has 0 aliphatic heterocycles. The molecule has 2 N–H and O–H groups in total. The number of anilines is 1. The Hall–Kier alpha value is -2.05. The summed E-state index contributed by atoms with van der Waals surface area (Å²) < 4.78 is 1.47. The predicted octanol–water partition coefficient (Wildman–Crippen LogP) is 0.251. The van der Waals surface area contributed by atoms with Gasteiger partial charge in [-0.15, -0.1) is 0 Å². The third kappa shape index (κ3) is 3.28.